The zero-order valence-electron chi connectivity index (χ0n) is 10.8. The van der Waals surface area contributed by atoms with E-state index in [0.29, 0.717) is 18.0 Å². The fourth-order valence-electron chi connectivity index (χ4n) is 1.57. The maximum Gasteiger partial charge on any atom is 0.243 e. The third kappa shape index (κ3) is 3.06. The molecule has 0 fully saturated rings. The van der Waals surface area contributed by atoms with Gasteiger partial charge < -0.3 is 5.32 Å². The zero-order chi connectivity index (χ0) is 13.1. The van der Waals surface area contributed by atoms with Gasteiger partial charge in [0.1, 0.15) is 0 Å². The minimum absolute atomic E-state index is 0.398. The van der Waals surface area contributed by atoms with Crippen molar-refractivity contribution >= 4 is 10.0 Å². The lowest BCUT2D eigenvalue weighted by molar-refractivity contribution is 0.485. The molecule has 17 heavy (non-hydrogen) atoms. The molecule has 1 rings (SSSR count). The van der Waals surface area contributed by atoms with Crippen molar-refractivity contribution in [3.8, 4) is 0 Å². The second-order valence-corrected chi connectivity index (χ2v) is 6.06. The van der Waals surface area contributed by atoms with Crippen molar-refractivity contribution in [2.45, 2.75) is 25.3 Å². The van der Waals surface area contributed by atoms with E-state index in [0.717, 1.165) is 11.1 Å². The summed E-state index contributed by atoms with van der Waals surface area (Å²) >= 11 is 0. The average molecular weight is 256 g/mol. The van der Waals surface area contributed by atoms with E-state index >= 15 is 0 Å². The lowest BCUT2D eigenvalue weighted by atomic mass is 10.1. The second kappa shape index (κ2) is 5.62. The Morgan fingerprint density at radius 2 is 2.00 bits per heavy atom. The number of rotatable bonds is 5. The van der Waals surface area contributed by atoms with Gasteiger partial charge >= 0.3 is 0 Å². The zero-order valence-corrected chi connectivity index (χ0v) is 11.6. The van der Waals surface area contributed by atoms with E-state index < -0.39 is 10.0 Å². The molecule has 0 spiro atoms. The Morgan fingerprint density at radius 3 is 2.53 bits per heavy atom. The molecule has 0 saturated heterocycles. The summed E-state index contributed by atoms with van der Waals surface area (Å²) in [6, 6.07) is 5.53. The molecule has 0 bridgehead atoms. The van der Waals surface area contributed by atoms with E-state index in [2.05, 4.69) is 5.32 Å². The smallest absolute Gasteiger partial charge is 0.243 e. The molecule has 0 amide bonds. The van der Waals surface area contributed by atoms with Crippen molar-refractivity contribution in [2.24, 2.45) is 0 Å². The Morgan fingerprint density at radius 1 is 1.35 bits per heavy atom. The molecule has 0 aromatic heterocycles. The van der Waals surface area contributed by atoms with Crippen LogP contribution in [0, 0.1) is 6.92 Å². The summed E-state index contributed by atoms with van der Waals surface area (Å²) < 4.78 is 25.9. The lowest BCUT2D eigenvalue weighted by Crippen LogP contribution is -2.27. The standard InChI is InChI=1S/C12H20N2O2S/c1-5-14(4)17(15,16)12-8-11(9-13-3)7-6-10(12)2/h6-8,13H,5,9H2,1-4H3. The number of sulfonamides is 1. The van der Waals surface area contributed by atoms with Crippen LogP contribution in [-0.4, -0.2) is 33.4 Å². The molecule has 0 aliphatic carbocycles. The first-order valence-electron chi connectivity index (χ1n) is 5.64. The monoisotopic (exact) mass is 256 g/mol. The summed E-state index contributed by atoms with van der Waals surface area (Å²) in [5.41, 5.74) is 1.76. The third-order valence-electron chi connectivity index (χ3n) is 2.77. The van der Waals surface area contributed by atoms with E-state index in [1.807, 2.05) is 33.0 Å². The average Bonchev–Trinajstić information content (AvgIpc) is 2.30. The Kier molecular flexibility index (Phi) is 4.68. The molecule has 0 saturated carbocycles. The highest BCUT2D eigenvalue weighted by atomic mass is 32.2. The molecule has 0 unspecified atom stereocenters. The minimum Gasteiger partial charge on any atom is -0.316 e. The minimum atomic E-state index is -3.35. The van der Waals surface area contributed by atoms with Crippen LogP contribution >= 0.6 is 0 Å². The van der Waals surface area contributed by atoms with Crippen molar-refractivity contribution < 1.29 is 8.42 Å². The Bertz CT molecular complexity index is 483. The first kappa shape index (κ1) is 14.2. The van der Waals surface area contributed by atoms with Crippen LogP contribution in [-0.2, 0) is 16.6 Å². The van der Waals surface area contributed by atoms with E-state index in [4.69, 9.17) is 0 Å². The van der Waals surface area contributed by atoms with E-state index in [1.54, 1.807) is 13.1 Å². The molecular weight excluding hydrogens is 236 g/mol. The highest BCUT2D eigenvalue weighted by Crippen LogP contribution is 2.20. The molecule has 0 aliphatic heterocycles. The van der Waals surface area contributed by atoms with Crippen molar-refractivity contribution in [1.29, 1.82) is 0 Å². The molecule has 5 heteroatoms. The van der Waals surface area contributed by atoms with Gasteiger partial charge in [0, 0.05) is 20.1 Å². The van der Waals surface area contributed by atoms with Gasteiger partial charge in [0.15, 0.2) is 0 Å². The van der Waals surface area contributed by atoms with Gasteiger partial charge in [0.2, 0.25) is 10.0 Å². The fourth-order valence-corrected chi connectivity index (χ4v) is 3.03. The fraction of sp³-hybridized carbons (Fsp3) is 0.500. The summed E-state index contributed by atoms with van der Waals surface area (Å²) in [6.07, 6.45) is 0. The quantitative estimate of drug-likeness (QED) is 0.865. The van der Waals surface area contributed by atoms with E-state index in [1.165, 1.54) is 4.31 Å². The molecule has 1 aromatic carbocycles. The molecule has 1 N–H and O–H groups in total. The third-order valence-corrected chi connectivity index (χ3v) is 4.84. The van der Waals surface area contributed by atoms with Crippen LogP contribution in [0.5, 0.6) is 0 Å². The van der Waals surface area contributed by atoms with Crippen molar-refractivity contribution in [2.75, 3.05) is 20.6 Å². The number of hydrogen-bond acceptors (Lipinski definition) is 3. The first-order chi connectivity index (χ1) is 7.93. The van der Waals surface area contributed by atoms with Gasteiger partial charge in [-0.1, -0.05) is 19.1 Å². The van der Waals surface area contributed by atoms with E-state index in [9.17, 15) is 8.42 Å². The van der Waals surface area contributed by atoms with Gasteiger partial charge in [-0.3, -0.25) is 0 Å². The van der Waals surface area contributed by atoms with Crippen molar-refractivity contribution in [3.05, 3.63) is 29.3 Å². The van der Waals surface area contributed by atoms with Crippen molar-refractivity contribution in [1.82, 2.24) is 9.62 Å². The number of nitrogens with one attached hydrogen (secondary N) is 1. The highest BCUT2D eigenvalue weighted by Gasteiger charge is 2.21. The topological polar surface area (TPSA) is 49.4 Å². The maximum absolute atomic E-state index is 12.2. The van der Waals surface area contributed by atoms with Crippen LogP contribution in [0.4, 0.5) is 0 Å². The predicted octanol–water partition coefficient (Wildman–Crippen LogP) is 1.35. The first-order valence-corrected chi connectivity index (χ1v) is 7.08. The Balaban J connectivity index is 3.25. The van der Waals surface area contributed by atoms with Gasteiger partial charge in [0.25, 0.3) is 0 Å². The number of aryl methyl sites for hydroxylation is 1. The molecule has 0 aliphatic rings. The second-order valence-electron chi connectivity index (χ2n) is 4.05. The number of nitrogens with zero attached hydrogens (tertiary/aromatic N) is 1. The van der Waals surface area contributed by atoms with Crippen LogP contribution in [0.2, 0.25) is 0 Å². The van der Waals surface area contributed by atoms with Gasteiger partial charge in [-0.2, -0.15) is 0 Å². The van der Waals surface area contributed by atoms with Gasteiger partial charge in [-0.15, -0.1) is 0 Å². The Labute approximate surface area is 104 Å². The van der Waals surface area contributed by atoms with Gasteiger partial charge in [0.05, 0.1) is 4.90 Å². The SMILES string of the molecule is CCN(C)S(=O)(=O)c1cc(CNC)ccc1C. The number of benzene rings is 1. The van der Waals surface area contributed by atoms with Crippen LogP contribution in [0.25, 0.3) is 0 Å². The molecule has 0 atom stereocenters. The lowest BCUT2D eigenvalue weighted by Gasteiger charge is -2.17. The Hall–Kier alpha value is -0.910. The van der Waals surface area contributed by atoms with Crippen molar-refractivity contribution in [3.63, 3.8) is 0 Å². The normalized spacial score (nSPS) is 12.1. The van der Waals surface area contributed by atoms with Crippen LogP contribution < -0.4 is 5.32 Å². The molecular formula is C12H20N2O2S. The molecule has 0 radical (unpaired) electrons. The van der Waals surface area contributed by atoms with Gasteiger partial charge in [-0.05, 0) is 31.2 Å². The van der Waals surface area contributed by atoms with Crippen LogP contribution in [0.1, 0.15) is 18.1 Å². The highest BCUT2D eigenvalue weighted by molar-refractivity contribution is 7.89. The summed E-state index contributed by atoms with van der Waals surface area (Å²) in [5, 5.41) is 3.02. The maximum atomic E-state index is 12.2. The summed E-state index contributed by atoms with van der Waals surface area (Å²) in [5.74, 6) is 0. The predicted molar refractivity (Wildman–Crippen MR) is 69.4 cm³/mol. The largest absolute Gasteiger partial charge is 0.316 e. The van der Waals surface area contributed by atoms with E-state index in [-0.39, 0.29) is 0 Å². The summed E-state index contributed by atoms with van der Waals surface area (Å²) in [6.45, 7) is 4.78. The molecule has 96 valence electrons. The van der Waals surface area contributed by atoms with Crippen LogP contribution in [0.15, 0.2) is 23.1 Å². The summed E-state index contributed by atoms with van der Waals surface area (Å²) in [7, 11) is 0.0812. The van der Waals surface area contributed by atoms with Gasteiger partial charge in [-0.25, -0.2) is 12.7 Å². The summed E-state index contributed by atoms with van der Waals surface area (Å²) in [4.78, 5) is 0.398. The molecule has 1 aromatic rings. The molecule has 4 nitrogen and oxygen atoms in total. The number of hydrogen-bond donors (Lipinski definition) is 1. The van der Waals surface area contributed by atoms with Crippen LogP contribution in [0.3, 0.4) is 0 Å². The molecule has 0 heterocycles.